The monoisotopic (exact) mass is 402 g/mol. The van der Waals surface area contributed by atoms with Gasteiger partial charge in [0.1, 0.15) is 29.8 Å². The first-order valence-electron chi connectivity index (χ1n) is 9.83. The number of nitrogens with zero attached hydrogens (tertiary/aromatic N) is 7. The van der Waals surface area contributed by atoms with Crippen LogP contribution in [-0.4, -0.2) is 63.7 Å². The van der Waals surface area contributed by atoms with Crippen LogP contribution in [0, 0.1) is 11.3 Å². The van der Waals surface area contributed by atoms with E-state index in [1.807, 2.05) is 16.8 Å². The van der Waals surface area contributed by atoms with E-state index >= 15 is 0 Å². The van der Waals surface area contributed by atoms with Crippen molar-refractivity contribution in [2.75, 3.05) is 37.5 Å². The fourth-order valence-electron chi connectivity index (χ4n) is 4.34. The Kier molecular flexibility index (Phi) is 4.48. The van der Waals surface area contributed by atoms with Gasteiger partial charge in [0.2, 0.25) is 0 Å². The Morgan fingerprint density at radius 1 is 1.13 bits per heavy atom. The number of benzene rings is 1. The Morgan fingerprint density at radius 3 is 2.70 bits per heavy atom. The van der Waals surface area contributed by atoms with Crippen molar-refractivity contribution in [1.29, 1.82) is 5.26 Å². The lowest BCUT2D eigenvalue weighted by Gasteiger charge is -2.34. The number of aromatic nitrogens is 4. The van der Waals surface area contributed by atoms with Crippen LogP contribution in [-0.2, 0) is 0 Å². The largest absolute Gasteiger partial charge is 0.494 e. The Balaban J connectivity index is 1.36. The molecule has 9 nitrogen and oxygen atoms in total. The SMILES string of the molecule is COc1cc(N2CC3CC2CN3C)ccc1-n1cnc(Nc2cnc(C#N)cn2)c1. The topological polar surface area (TPSA) is 95.1 Å². The van der Waals surface area contributed by atoms with E-state index in [4.69, 9.17) is 10.00 Å². The molecule has 30 heavy (non-hydrogen) atoms. The van der Waals surface area contributed by atoms with E-state index in [9.17, 15) is 0 Å². The predicted octanol–water partition coefficient (Wildman–Crippen LogP) is 2.18. The van der Waals surface area contributed by atoms with Crippen LogP contribution in [0.5, 0.6) is 5.75 Å². The zero-order valence-electron chi connectivity index (χ0n) is 16.9. The average molecular weight is 402 g/mol. The normalized spacial score (nSPS) is 20.4. The molecule has 4 heterocycles. The summed E-state index contributed by atoms with van der Waals surface area (Å²) >= 11 is 0. The summed E-state index contributed by atoms with van der Waals surface area (Å²) in [5, 5.41) is 11.9. The summed E-state index contributed by atoms with van der Waals surface area (Å²) in [6, 6.07) is 9.50. The maximum Gasteiger partial charge on any atom is 0.158 e. The second kappa shape index (κ2) is 7.31. The third-order valence-electron chi connectivity index (χ3n) is 5.89. The number of imidazole rings is 1. The van der Waals surface area contributed by atoms with Crippen molar-refractivity contribution in [3.8, 4) is 17.5 Å². The van der Waals surface area contributed by atoms with Crippen LogP contribution >= 0.6 is 0 Å². The van der Waals surface area contributed by atoms with Crippen LogP contribution < -0.4 is 15.0 Å². The average Bonchev–Trinajstić information content (AvgIpc) is 3.49. The molecular weight excluding hydrogens is 380 g/mol. The van der Waals surface area contributed by atoms with Gasteiger partial charge in [0, 0.05) is 36.9 Å². The number of nitrogens with one attached hydrogen (secondary N) is 1. The third-order valence-corrected chi connectivity index (χ3v) is 5.89. The first kappa shape index (κ1) is 18.4. The van der Waals surface area contributed by atoms with Crippen molar-refractivity contribution in [3.63, 3.8) is 0 Å². The molecule has 0 aliphatic carbocycles. The summed E-state index contributed by atoms with van der Waals surface area (Å²) < 4.78 is 7.60. The van der Waals surface area contributed by atoms with Gasteiger partial charge < -0.3 is 19.5 Å². The summed E-state index contributed by atoms with van der Waals surface area (Å²) in [5.74, 6) is 1.95. The van der Waals surface area contributed by atoms with Crippen LogP contribution in [0.3, 0.4) is 0 Å². The molecule has 2 fully saturated rings. The third kappa shape index (κ3) is 3.21. The van der Waals surface area contributed by atoms with Crippen molar-refractivity contribution in [2.24, 2.45) is 0 Å². The van der Waals surface area contributed by atoms with E-state index in [-0.39, 0.29) is 5.69 Å². The minimum atomic E-state index is 0.272. The molecule has 5 rings (SSSR count). The Bertz CT molecular complexity index is 1100. The second-order valence-corrected chi connectivity index (χ2v) is 7.68. The number of hydrogen-bond acceptors (Lipinski definition) is 8. The molecule has 152 valence electrons. The highest BCUT2D eigenvalue weighted by Crippen LogP contribution is 2.36. The number of hydrogen-bond donors (Lipinski definition) is 1. The van der Waals surface area contributed by atoms with Crippen molar-refractivity contribution in [3.05, 3.63) is 48.8 Å². The molecule has 2 unspecified atom stereocenters. The quantitative estimate of drug-likeness (QED) is 0.694. The summed E-state index contributed by atoms with van der Waals surface area (Å²) in [7, 11) is 3.90. The highest BCUT2D eigenvalue weighted by Gasteiger charge is 2.41. The molecule has 1 N–H and O–H groups in total. The van der Waals surface area contributed by atoms with Gasteiger partial charge in [-0.25, -0.2) is 15.0 Å². The molecule has 3 aromatic rings. The molecule has 9 heteroatoms. The van der Waals surface area contributed by atoms with Gasteiger partial charge in [-0.05, 0) is 25.6 Å². The van der Waals surface area contributed by atoms with Gasteiger partial charge in [0.05, 0.1) is 31.4 Å². The lowest BCUT2D eigenvalue weighted by molar-refractivity contribution is 0.292. The standard InChI is InChI=1S/C21H22N8O/c1-27-10-17-5-16(27)11-29(17)15-3-4-18(19(6-15)30-2)28-12-21(25-13-28)26-20-9-23-14(7-22)8-24-20/h3-4,6,8-9,12-13,16-17H,5,10-11H2,1-2H3,(H,24,26). The molecule has 2 aromatic heterocycles. The molecule has 0 saturated carbocycles. The maximum atomic E-state index is 8.82. The first-order valence-corrected chi connectivity index (χ1v) is 9.83. The molecule has 1 aromatic carbocycles. The molecule has 2 bridgehead atoms. The van der Waals surface area contributed by atoms with Crippen LogP contribution in [0.4, 0.5) is 17.3 Å². The zero-order valence-corrected chi connectivity index (χ0v) is 16.9. The molecule has 0 spiro atoms. The zero-order chi connectivity index (χ0) is 20.7. The number of anilines is 3. The van der Waals surface area contributed by atoms with E-state index < -0.39 is 0 Å². The van der Waals surface area contributed by atoms with Gasteiger partial charge in [0.25, 0.3) is 0 Å². The number of piperazine rings is 1. The number of likely N-dealkylation sites (tertiary alicyclic amines) is 1. The maximum absolute atomic E-state index is 8.82. The van der Waals surface area contributed by atoms with E-state index in [0.717, 1.165) is 24.5 Å². The number of likely N-dealkylation sites (N-methyl/N-ethyl adjacent to an activating group) is 1. The highest BCUT2D eigenvalue weighted by molar-refractivity contribution is 5.61. The minimum Gasteiger partial charge on any atom is -0.494 e. The van der Waals surface area contributed by atoms with Gasteiger partial charge in [-0.1, -0.05) is 0 Å². The first-order chi connectivity index (χ1) is 14.6. The van der Waals surface area contributed by atoms with Crippen LogP contribution in [0.2, 0.25) is 0 Å². The Labute approximate surface area is 174 Å². The van der Waals surface area contributed by atoms with E-state index in [1.165, 1.54) is 24.5 Å². The fraction of sp³-hybridized carbons (Fsp3) is 0.333. The van der Waals surface area contributed by atoms with Crippen molar-refractivity contribution >= 4 is 17.3 Å². The molecule has 2 atom stereocenters. The van der Waals surface area contributed by atoms with Gasteiger partial charge in [-0.3, -0.25) is 4.90 Å². The minimum absolute atomic E-state index is 0.272. The molecule has 2 saturated heterocycles. The Morgan fingerprint density at radius 2 is 2.03 bits per heavy atom. The summed E-state index contributed by atoms with van der Waals surface area (Å²) in [6.45, 7) is 2.18. The van der Waals surface area contributed by atoms with Crippen LogP contribution in [0.15, 0.2) is 43.1 Å². The van der Waals surface area contributed by atoms with Crippen molar-refractivity contribution < 1.29 is 4.74 Å². The van der Waals surface area contributed by atoms with E-state index in [1.54, 1.807) is 13.4 Å². The molecule has 2 aliphatic heterocycles. The predicted molar refractivity (Wildman–Crippen MR) is 112 cm³/mol. The van der Waals surface area contributed by atoms with Gasteiger partial charge in [0.15, 0.2) is 5.69 Å². The smallest absolute Gasteiger partial charge is 0.158 e. The highest BCUT2D eigenvalue weighted by atomic mass is 16.5. The number of fused-ring (bicyclic) bond motifs is 2. The molecule has 2 aliphatic rings. The number of ether oxygens (including phenoxy) is 1. The molecule has 0 amide bonds. The van der Waals surface area contributed by atoms with Gasteiger partial charge >= 0.3 is 0 Å². The van der Waals surface area contributed by atoms with Crippen molar-refractivity contribution in [2.45, 2.75) is 18.5 Å². The summed E-state index contributed by atoms with van der Waals surface area (Å²) in [5.41, 5.74) is 2.38. The number of rotatable bonds is 5. The molecule has 0 radical (unpaired) electrons. The molecular formula is C21H22N8O. The fourth-order valence-corrected chi connectivity index (χ4v) is 4.34. The summed E-state index contributed by atoms with van der Waals surface area (Å²) in [6.07, 6.45) is 7.75. The lowest BCUT2D eigenvalue weighted by Crippen LogP contribution is -2.44. The van der Waals surface area contributed by atoms with E-state index in [0.29, 0.717) is 23.7 Å². The Hall–Kier alpha value is -3.64. The number of methoxy groups -OCH3 is 1. The summed E-state index contributed by atoms with van der Waals surface area (Å²) in [4.78, 5) is 17.5. The second-order valence-electron chi connectivity index (χ2n) is 7.68. The van der Waals surface area contributed by atoms with Crippen LogP contribution in [0.1, 0.15) is 12.1 Å². The van der Waals surface area contributed by atoms with Crippen LogP contribution in [0.25, 0.3) is 5.69 Å². The van der Waals surface area contributed by atoms with Crippen molar-refractivity contribution in [1.82, 2.24) is 24.4 Å². The van der Waals surface area contributed by atoms with Gasteiger partial charge in [-0.15, -0.1) is 0 Å². The number of nitriles is 1. The lowest BCUT2D eigenvalue weighted by atomic mass is 10.2. The van der Waals surface area contributed by atoms with E-state index in [2.05, 4.69) is 55.3 Å². The van der Waals surface area contributed by atoms with Gasteiger partial charge in [-0.2, -0.15) is 5.26 Å².